The minimum Gasteiger partial charge on any atom is -0.394 e. The van der Waals surface area contributed by atoms with Crippen LogP contribution in [0.15, 0.2) is 12.5 Å². The zero-order chi connectivity index (χ0) is 13.0. The van der Waals surface area contributed by atoms with Gasteiger partial charge in [0.15, 0.2) is 5.82 Å². The van der Waals surface area contributed by atoms with E-state index in [1.807, 2.05) is 0 Å². The third-order valence-corrected chi connectivity index (χ3v) is 3.70. The summed E-state index contributed by atoms with van der Waals surface area (Å²) in [5, 5.41) is 0. The largest absolute Gasteiger partial charge is 0.394 e. The summed E-state index contributed by atoms with van der Waals surface area (Å²) in [5.41, 5.74) is 6.73. The minimum absolute atomic E-state index is 0.612. The van der Waals surface area contributed by atoms with Crippen molar-refractivity contribution in [3.05, 3.63) is 12.5 Å². The summed E-state index contributed by atoms with van der Waals surface area (Å²) in [6.45, 7) is 5.57. The van der Waals surface area contributed by atoms with E-state index in [0.717, 1.165) is 12.4 Å². The van der Waals surface area contributed by atoms with Crippen molar-refractivity contribution in [3.63, 3.8) is 0 Å². The first-order valence-corrected chi connectivity index (χ1v) is 7.00. The fraction of sp³-hybridized carbons (Fsp3) is 0.714. The lowest BCUT2D eigenvalue weighted by Gasteiger charge is -2.31. The molecule has 0 bridgehead atoms. The molecule has 1 saturated carbocycles. The lowest BCUT2D eigenvalue weighted by molar-refractivity contribution is 0.525. The molecular weight excluding hydrogens is 224 g/mol. The van der Waals surface area contributed by atoms with Crippen molar-refractivity contribution in [1.29, 1.82) is 0 Å². The van der Waals surface area contributed by atoms with Crippen LogP contribution in [0.5, 0.6) is 0 Å². The van der Waals surface area contributed by atoms with Gasteiger partial charge >= 0.3 is 0 Å². The van der Waals surface area contributed by atoms with Gasteiger partial charge in [-0.15, -0.1) is 0 Å². The third kappa shape index (κ3) is 3.12. The van der Waals surface area contributed by atoms with E-state index < -0.39 is 0 Å². The molecule has 1 aliphatic rings. The highest BCUT2D eigenvalue weighted by atomic mass is 15.2. The number of rotatable bonds is 5. The first-order valence-electron chi connectivity index (χ1n) is 7.00. The van der Waals surface area contributed by atoms with Crippen LogP contribution in [-0.4, -0.2) is 22.6 Å². The van der Waals surface area contributed by atoms with Gasteiger partial charge in [0.2, 0.25) is 0 Å². The minimum atomic E-state index is 0.612. The fourth-order valence-electron chi connectivity index (χ4n) is 2.65. The van der Waals surface area contributed by atoms with Gasteiger partial charge < -0.3 is 10.6 Å². The van der Waals surface area contributed by atoms with Crippen LogP contribution in [0, 0.1) is 5.92 Å². The van der Waals surface area contributed by atoms with Gasteiger partial charge in [-0.3, -0.25) is 0 Å². The van der Waals surface area contributed by atoms with E-state index in [9.17, 15) is 0 Å². The van der Waals surface area contributed by atoms with Crippen molar-refractivity contribution in [2.75, 3.05) is 17.2 Å². The van der Waals surface area contributed by atoms with Crippen molar-refractivity contribution < 1.29 is 0 Å². The molecule has 0 aromatic carbocycles. The van der Waals surface area contributed by atoms with Gasteiger partial charge in [-0.1, -0.05) is 26.7 Å². The van der Waals surface area contributed by atoms with Crippen LogP contribution >= 0.6 is 0 Å². The normalized spacial score (nSPS) is 16.4. The van der Waals surface area contributed by atoms with Crippen molar-refractivity contribution in [3.8, 4) is 0 Å². The molecule has 0 amide bonds. The third-order valence-electron chi connectivity index (χ3n) is 3.70. The van der Waals surface area contributed by atoms with Crippen molar-refractivity contribution in [1.82, 2.24) is 9.97 Å². The Morgan fingerprint density at radius 2 is 2.11 bits per heavy atom. The number of aromatic nitrogens is 2. The van der Waals surface area contributed by atoms with Gasteiger partial charge in [-0.05, 0) is 25.2 Å². The Hall–Kier alpha value is -1.32. The maximum absolute atomic E-state index is 6.03. The Labute approximate surface area is 110 Å². The highest BCUT2D eigenvalue weighted by molar-refractivity contribution is 5.61. The molecule has 1 aliphatic carbocycles. The molecule has 1 aromatic heterocycles. The molecule has 1 fully saturated rings. The molecule has 0 atom stereocenters. The number of nitrogens with zero attached hydrogens (tertiary/aromatic N) is 3. The van der Waals surface area contributed by atoms with E-state index >= 15 is 0 Å². The molecule has 2 rings (SSSR count). The summed E-state index contributed by atoms with van der Waals surface area (Å²) in [6.07, 6.45) is 9.67. The quantitative estimate of drug-likeness (QED) is 0.870. The highest BCUT2D eigenvalue weighted by Gasteiger charge is 2.24. The second kappa shape index (κ2) is 6.03. The monoisotopic (exact) mass is 248 g/mol. The maximum Gasteiger partial charge on any atom is 0.155 e. The van der Waals surface area contributed by atoms with Crippen molar-refractivity contribution in [2.24, 2.45) is 5.92 Å². The molecule has 18 heavy (non-hydrogen) atoms. The second-order valence-electron chi connectivity index (χ2n) is 5.62. The topological polar surface area (TPSA) is 55.0 Å². The Kier molecular flexibility index (Phi) is 4.39. The van der Waals surface area contributed by atoms with Crippen LogP contribution in [0.25, 0.3) is 0 Å². The van der Waals surface area contributed by atoms with Crippen LogP contribution in [0.2, 0.25) is 0 Å². The number of hydrogen-bond donors (Lipinski definition) is 1. The average molecular weight is 248 g/mol. The second-order valence-corrected chi connectivity index (χ2v) is 5.62. The number of nitrogen functional groups attached to an aromatic ring is 1. The molecule has 0 radical (unpaired) electrons. The van der Waals surface area contributed by atoms with Gasteiger partial charge in [-0.25, -0.2) is 9.97 Å². The lowest BCUT2D eigenvalue weighted by atomic mass is 10.1. The molecule has 4 nitrogen and oxygen atoms in total. The Bertz CT molecular complexity index is 372. The van der Waals surface area contributed by atoms with Gasteiger partial charge in [0.25, 0.3) is 0 Å². The average Bonchev–Trinajstić information content (AvgIpc) is 2.85. The van der Waals surface area contributed by atoms with Gasteiger partial charge in [0.05, 0.1) is 11.9 Å². The first kappa shape index (κ1) is 13.1. The first-order chi connectivity index (χ1) is 8.68. The smallest absolute Gasteiger partial charge is 0.155 e. The predicted octanol–water partition coefficient (Wildman–Crippen LogP) is 2.85. The molecule has 2 N–H and O–H groups in total. The Morgan fingerprint density at radius 1 is 1.39 bits per heavy atom. The van der Waals surface area contributed by atoms with Gasteiger partial charge in [0.1, 0.15) is 6.33 Å². The van der Waals surface area contributed by atoms with Crippen LogP contribution in [-0.2, 0) is 0 Å². The molecule has 0 unspecified atom stereocenters. The van der Waals surface area contributed by atoms with Crippen molar-refractivity contribution in [2.45, 2.75) is 52.0 Å². The molecule has 4 heteroatoms. The highest BCUT2D eigenvalue weighted by Crippen LogP contribution is 2.30. The fourth-order valence-corrected chi connectivity index (χ4v) is 2.65. The van der Waals surface area contributed by atoms with Crippen molar-refractivity contribution >= 4 is 11.5 Å². The molecule has 0 spiro atoms. The summed E-state index contributed by atoms with van der Waals surface area (Å²) >= 11 is 0. The molecule has 1 aromatic rings. The molecular formula is C14H24N4. The van der Waals surface area contributed by atoms with Crippen LogP contribution in [0.3, 0.4) is 0 Å². The van der Waals surface area contributed by atoms with E-state index in [0.29, 0.717) is 17.6 Å². The Balaban J connectivity index is 2.15. The molecule has 100 valence electrons. The molecule has 0 aliphatic heterocycles. The molecule has 1 heterocycles. The van der Waals surface area contributed by atoms with E-state index in [1.54, 1.807) is 12.5 Å². The zero-order valence-electron chi connectivity index (χ0n) is 11.5. The Morgan fingerprint density at radius 3 is 2.72 bits per heavy atom. The SMILES string of the molecule is CC(C)CCN(c1ncncc1N)C1CCCC1. The van der Waals surface area contributed by atoms with Crippen LogP contribution < -0.4 is 10.6 Å². The van der Waals surface area contributed by atoms with E-state index in [4.69, 9.17) is 5.73 Å². The van der Waals surface area contributed by atoms with Crippen LogP contribution in [0.4, 0.5) is 11.5 Å². The van der Waals surface area contributed by atoms with Crippen LogP contribution in [0.1, 0.15) is 46.0 Å². The number of hydrogen-bond acceptors (Lipinski definition) is 4. The maximum atomic E-state index is 6.03. The number of anilines is 2. The standard InChI is InChI=1S/C14H24N4/c1-11(2)7-8-18(12-5-3-4-6-12)14-13(15)9-16-10-17-14/h9-12H,3-8,15H2,1-2H3. The number of nitrogens with two attached hydrogens (primary N) is 1. The van der Waals surface area contributed by atoms with E-state index in [1.165, 1.54) is 32.1 Å². The summed E-state index contributed by atoms with van der Waals surface area (Å²) in [4.78, 5) is 10.8. The summed E-state index contributed by atoms with van der Waals surface area (Å²) in [6, 6.07) is 0.612. The predicted molar refractivity (Wildman–Crippen MR) is 75.5 cm³/mol. The summed E-state index contributed by atoms with van der Waals surface area (Å²) in [7, 11) is 0. The van der Waals surface area contributed by atoms with E-state index in [2.05, 4.69) is 28.7 Å². The zero-order valence-corrected chi connectivity index (χ0v) is 11.5. The molecule has 0 saturated heterocycles. The lowest BCUT2D eigenvalue weighted by Crippen LogP contribution is -2.36. The van der Waals surface area contributed by atoms with Gasteiger partial charge in [0, 0.05) is 12.6 Å². The summed E-state index contributed by atoms with van der Waals surface area (Å²) in [5.74, 6) is 1.63. The summed E-state index contributed by atoms with van der Waals surface area (Å²) < 4.78 is 0. The van der Waals surface area contributed by atoms with Gasteiger partial charge in [-0.2, -0.15) is 0 Å². The van der Waals surface area contributed by atoms with E-state index in [-0.39, 0.29) is 0 Å².